The van der Waals surface area contributed by atoms with E-state index in [-0.39, 0.29) is 5.41 Å². The van der Waals surface area contributed by atoms with Gasteiger partial charge < -0.3 is 4.74 Å². The van der Waals surface area contributed by atoms with E-state index in [1.54, 1.807) is 0 Å². The summed E-state index contributed by atoms with van der Waals surface area (Å²) in [5, 5.41) is 0. The number of allylic oxidation sites excluding steroid dienone is 8. The van der Waals surface area contributed by atoms with Crippen molar-refractivity contribution in [2.45, 2.75) is 38.5 Å². The van der Waals surface area contributed by atoms with Gasteiger partial charge in [0.2, 0.25) is 5.69 Å². The lowest BCUT2D eigenvalue weighted by Gasteiger charge is -2.28. The standard InChI is InChI=1S/C36H34NO/c1-36(2)31-22-11-12-23-32(31)37(3)34(36)24-13-10-15-26-20-14-21-29-30(26)25-33(27-16-6-4-7-17-27)38-35(29)28-18-8-5-9-19-28/h4-13,15-19,22-25H,14,20-21H2,1-3H3/q+1/b15-10+,24-13+. The minimum Gasteiger partial charge on any atom is -0.456 e. The molecule has 2 heterocycles. The molecular formula is C36H34NO+. The summed E-state index contributed by atoms with van der Waals surface area (Å²) < 4.78 is 8.92. The largest absolute Gasteiger partial charge is 0.456 e. The van der Waals surface area contributed by atoms with Crippen LogP contribution in [-0.2, 0) is 10.2 Å². The monoisotopic (exact) mass is 496 g/mol. The molecule has 3 aromatic rings. The summed E-state index contributed by atoms with van der Waals surface area (Å²) in [5.74, 6) is 1.90. The second-order valence-corrected chi connectivity index (χ2v) is 10.7. The highest BCUT2D eigenvalue weighted by atomic mass is 16.5. The van der Waals surface area contributed by atoms with Crippen LogP contribution < -0.4 is 0 Å². The number of rotatable bonds is 5. The highest BCUT2D eigenvalue weighted by molar-refractivity contribution is 6.03. The van der Waals surface area contributed by atoms with Crippen molar-refractivity contribution in [1.29, 1.82) is 0 Å². The van der Waals surface area contributed by atoms with Crippen LogP contribution in [0.25, 0.3) is 11.5 Å². The van der Waals surface area contributed by atoms with E-state index in [0.717, 1.165) is 41.9 Å². The van der Waals surface area contributed by atoms with Crippen LogP contribution in [-0.4, -0.2) is 17.3 Å². The van der Waals surface area contributed by atoms with Crippen LogP contribution in [0.2, 0.25) is 0 Å². The van der Waals surface area contributed by atoms with Crippen LogP contribution in [0.3, 0.4) is 0 Å². The first-order valence-corrected chi connectivity index (χ1v) is 13.6. The zero-order valence-corrected chi connectivity index (χ0v) is 22.4. The third-order valence-electron chi connectivity index (χ3n) is 8.00. The normalized spacial score (nSPS) is 18.7. The van der Waals surface area contributed by atoms with E-state index in [1.165, 1.54) is 33.7 Å². The number of ether oxygens (including phenoxy) is 1. The van der Waals surface area contributed by atoms with Gasteiger partial charge in [0, 0.05) is 34.4 Å². The van der Waals surface area contributed by atoms with E-state index in [9.17, 15) is 0 Å². The third kappa shape index (κ3) is 4.31. The zero-order valence-electron chi connectivity index (χ0n) is 22.4. The maximum Gasteiger partial charge on any atom is 0.209 e. The Balaban J connectivity index is 1.37. The van der Waals surface area contributed by atoms with Crippen LogP contribution >= 0.6 is 0 Å². The van der Waals surface area contributed by atoms with Gasteiger partial charge in [-0.2, -0.15) is 4.58 Å². The fourth-order valence-electron chi connectivity index (χ4n) is 6.03. The summed E-state index contributed by atoms with van der Waals surface area (Å²) in [4.78, 5) is 0. The smallest absolute Gasteiger partial charge is 0.209 e. The molecule has 0 radical (unpaired) electrons. The first-order valence-electron chi connectivity index (χ1n) is 13.6. The molecule has 0 aromatic heterocycles. The fourth-order valence-corrected chi connectivity index (χ4v) is 6.03. The van der Waals surface area contributed by atoms with Gasteiger partial charge in [0.1, 0.15) is 18.6 Å². The number of hydrogen-bond donors (Lipinski definition) is 0. The Morgan fingerprint density at radius 3 is 2.16 bits per heavy atom. The van der Waals surface area contributed by atoms with Crippen molar-refractivity contribution in [3.8, 4) is 0 Å². The van der Waals surface area contributed by atoms with E-state index in [4.69, 9.17) is 4.74 Å². The average molecular weight is 497 g/mol. The molecule has 3 aliphatic rings. The first kappa shape index (κ1) is 24.2. The number of hydrogen-bond acceptors (Lipinski definition) is 1. The summed E-state index contributed by atoms with van der Waals surface area (Å²) >= 11 is 0. The summed E-state index contributed by atoms with van der Waals surface area (Å²) in [6.07, 6.45) is 14.4. The van der Waals surface area contributed by atoms with E-state index >= 15 is 0 Å². The van der Waals surface area contributed by atoms with E-state index in [1.807, 2.05) is 6.07 Å². The maximum atomic E-state index is 6.59. The second kappa shape index (κ2) is 9.95. The topological polar surface area (TPSA) is 12.2 Å². The molecule has 6 rings (SSSR count). The van der Waals surface area contributed by atoms with Crippen LogP contribution in [0.1, 0.15) is 49.8 Å². The van der Waals surface area contributed by atoms with Gasteiger partial charge in [0.15, 0.2) is 5.71 Å². The van der Waals surface area contributed by atoms with Gasteiger partial charge in [-0.25, -0.2) is 0 Å². The number of benzene rings is 3. The fraction of sp³-hybridized carbons (Fsp3) is 0.194. The molecule has 0 N–H and O–H groups in total. The van der Waals surface area contributed by atoms with Crippen molar-refractivity contribution in [1.82, 2.24) is 0 Å². The minimum atomic E-state index is -0.0169. The SMILES string of the molecule is C[N+]1=C(/C=C/C=C/C2=C3C=C(c4ccccc4)OC(c4ccccc4)=C3CCC2)C(C)(C)c2ccccc21. The molecule has 38 heavy (non-hydrogen) atoms. The highest BCUT2D eigenvalue weighted by Gasteiger charge is 2.42. The molecule has 0 spiro atoms. The Labute approximate surface area is 226 Å². The van der Waals surface area contributed by atoms with Gasteiger partial charge in [0.25, 0.3) is 0 Å². The Bertz CT molecular complexity index is 1560. The molecule has 0 fully saturated rings. The number of para-hydroxylation sites is 1. The number of nitrogens with zero attached hydrogens (tertiary/aromatic N) is 1. The Hall–Kier alpha value is -4.17. The molecule has 2 nitrogen and oxygen atoms in total. The average Bonchev–Trinajstić information content (AvgIpc) is 3.16. The van der Waals surface area contributed by atoms with Crippen molar-refractivity contribution in [2.75, 3.05) is 7.05 Å². The van der Waals surface area contributed by atoms with Gasteiger partial charge in [0.05, 0.1) is 5.41 Å². The van der Waals surface area contributed by atoms with Gasteiger partial charge >= 0.3 is 0 Å². The Morgan fingerprint density at radius 1 is 0.763 bits per heavy atom. The molecule has 0 unspecified atom stereocenters. The van der Waals surface area contributed by atoms with Crippen LogP contribution in [0, 0.1) is 0 Å². The molecule has 2 aliphatic heterocycles. The lowest BCUT2D eigenvalue weighted by atomic mass is 9.81. The van der Waals surface area contributed by atoms with Gasteiger partial charge in [-0.1, -0.05) is 97.1 Å². The van der Waals surface area contributed by atoms with Crippen LogP contribution in [0.5, 0.6) is 0 Å². The summed E-state index contributed by atoms with van der Waals surface area (Å²) in [6.45, 7) is 4.62. The zero-order chi connectivity index (χ0) is 26.1. The summed E-state index contributed by atoms with van der Waals surface area (Å²) in [5.41, 5.74) is 10.2. The molecule has 3 aromatic carbocycles. The van der Waals surface area contributed by atoms with E-state index < -0.39 is 0 Å². The predicted molar refractivity (Wildman–Crippen MR) is 158 cm³/mol. The Morgan fingerprint density at radius 2 is 1.42 bits per heavy atom. The van der Waals surface area contributed by atoms with Crippen molar-refractivity contribution in [3.05, 3.63) is 149 Å². The quantitative estimate of drug-likeness (QED) is 0.254. The summed E-state index contributed by atoms with van der Waals surface area (Å²) in [6, 6.07) is 29.7. The maximum absolute atomic E-state index is 6.59. The van der Waals surface area contributed by atoms with Gasteiger partial charge in [-0.3, -0.25) is 0 Å². The lowest BCUT2D eigenvalue weighted by molar-refractivity contribution is -0.401. The molecular weight excluding hydrogens is 462 g/mol. The molecule has 188 valence electrons. The van der Waals surface area contributed by atoms with Crippen LogP contribution in [0.4, 0.5) is 5.69 Å². The second-order valence-electron chi connectivity index (χ2n) is 10.7. The lowest BCUT2D eigenvalue weighted by Crippen LogP contribution is -2.26. The van der Waals surface area contributed by atoms with Crippen molar-refractivity contribution in [3.63, 3.8) is 0 Å². The molecule has 0 saturated heterocycles. The van der Waals surface area contributed by atoms with E-state index in [2.05, 4.69) is 135 Å². The van der Waals surface area contributed by atoms with Crippen molar-refractivity contribution >= 4 is 22.9 Å². The van der Waals surface area contributed by atoms with Crippen molar-refractivity contribution < 1.29 is 9.31 Å². The summed E-state index contributed by atoms with van der Waals surface area (Å²) in [7, 11) is 2.17. The van der Waals surface area contributed by atoms with Gasteiger partial charge in [-0.15, -0.1) is 0 Å². The molecule has 1 aliphatic carbocycles. The van der Waals surface area contributed by atoms with Gasteiger partial charge in [-0.05, 0) is 50.3 Å². The molecule has 0 atom stereocenters. The van der Waals surface area contributed by atoms with Crippen LogP contribution in [0.15, 0.2) is 132 Å². The first-order chi connectivity index (χ1) is 18.5. The highest BCUT2D eigenvalue weighted by Crippen LogP contribution is 2.43. The molecule has 0 amide bonds. The van der Waals surface area contributed by atoms with E-state index in [0.29, 0.717) is 0 Å². The molecule has 2 heteroatoms. The Kier molecular flexibility index (Phi) is 6.33. The van der Waals surface area contributed by atoms with Crippen molar-refractivity contribution in [2.24, 2.45) is 0 Å². The minimum absolute atomic E-state index is 0.0169. The molecule has 0 bridgehead atoms. The predicted octanol–water partition coefficient (Wildman–Crippen LogP) is 8.77. The molecule has 0 saturated carbocycles. The third-order valence-corrected chi connectivity index (χ3v) is 8.00. The number of fused-ring (bicyclic) bond motifs is 2.